The van der Waals surface area contributed by atoms with E-state index in [1.165, 1.54) is 22.9 Å². The van der Waals surface area contributed by atoms with Crippen molar-refractivity contribution in [2.45, 2.75) is 18.5 Å². The molecule has 1 aliphatic heterocycles. The van der Waals surface area contributed by atoms with E-state index in [1.807, 2.05) is 30.8 Å². The van der Waals surface area contributed by atoms with Crippen molar-refractivity contribution < 1.29 is 4.42 Å². The summed E-state index contributed by atoms with van der Waals surface area (Å²) in [5.74, 6) is 1.43. The number of aromatic nitrogens is 4. The van der Waals surface area contributed by atoms with Gasteiger partial charge < -0.3 is 9.32 Å². The van der Waals surface area contributed by atoms with Crippen LogP contribution in [0.2, 0.25) is 0 Å². The van der Waals surface area contributed by atoms with Crippen LogP contribution in [0.1, 0.15) is 11.1 Å². The number of benzene rings is 1. The number of hydrogen-bond donors (Lipinski definition) is 0. The van der Waals surface area contributed by atoms with Gasteiger partial charge in [-0.05, 0) is 49.4 Å². The van der Waals surface area contributed by atoms with Crippen LogP contribution in [0.4, 0.5) is 5.82 Å². The Balaban J connectivity index is 1.34. The minimum atomic E-state index is 0.588. The first-order valence-corrected chi connectivity index (χ1v) is 12.1. The second-order valence-corrected chi connectivity index (χ2v) is 8.78. The molecular weight excluding hydrogens is 420 g/mol. The Kier molecular flexibility index (Phi) is 6.05. The van der Waals surface area contributed by atoms with Gasteiger partial charge in [0.25, 0.3) is 0 Å². The highest BCUT2D eigenvalue weighted by Crippen LogP contribution is 2.31. The molecule has 1 fully saturated rings. The van der Waals surface area contributed by atoms with Gasteiger partial charge in [0, 0.05) is 50.7 Å². The smallest absolute Gasteiger partial charge is 0.229 e. The summed E-state index contributed by atoms with van der Waals surface area (Å²) in [6.07, 6.45) is 6.75. The number of nitrogens with zero attached hydrogens (tertiary/aromatic N) is 6. The number of piperazine rings is 1. The van der Waals surface area contributed by atoms with E-state index in [0.717, 1.165) is 55.7 Å². The van der Waals surface area contributed by atoms with Gasteiger partial charge >= 0.3 is 0 Å². The summed E-state index contributed by atoms with van der Waals surface area (Å²) < 4.78 is 6.20. The Bertz CT molecular complexity index is 1190. The first-order chi connectivity index (χ1) is 15.7. The summed E-state index contributed by atoms with van der Waals surface area (Å²) in [7, 11) is 0. The van der Waals surface area contributed by atoms with Crippen molar-refractivity contribution in [2.75, 3.05) is 43.9 Å². The second-order valence-electron chi connectivity index (χ2n) is 8.01. The fourth-order valence-corrected chi connectivity index (χ4v) is 4.29. The van der Waals surface area contributed by atoms with Crippen molar-refractivity contribution in [3.63, 3.8) is 0 Å². The molecule has 32 heavy (non-hydrogen) atoms. The van der Waals surface area contributed by atoms with Crippen molar-refractivity contribution in [3.8, 4) is 11.5 Å². The van der Waals surface area contributed by atoms with Crippen molar-refractivity contribution in [1.29, 1.82) is 0 Å². The Morgan fingerprint density at radius 3 is 2.41 bits per heavy atom. The Hall–Kier alpha value is -2.97. The maximum Gasteiger partial charge on any atom is 0.229 e. The quantitative estimate of drug-likeness (QED) is 0.324. The number of aryl methyl sites for hydroxylation is 1. The minimum absolute atomic E-state index is 0.588. The molecule has 7 nitrogen and oxygen atoms in total. The fourth-order valence-electron chi connectivity index (χ4n) is 3.94. The summed E-state index contributed by atoms with van der Waals surface area (Å²) in [4.78, 5) is 23.0. The number of oxazole rings is 1. The lowest BCUT2D eigenvalue weighted by molar-refractivity contribution is 0.260. The van der Waals surface area contributed by atoms with E-state index < -0.39 is 0 Å². The predicted octanol–water partition coefficient (Wildman–Crippen LogP) is 4.07. The number of anilines is 1. The molecular formula is C24H26N6OS. The third-order valence-electron chi connectivity index (χ3n) is 5.83. The van der Waals surface area contributed by atoms with E-state index in [-0.39, 0.29) is 0 Å². The van der Waals surface area contributed by atoms with E-state index in [2.05, 4.69) is 55.9 Å². The molecule has 0 N–H and O–H groups in total. The maximum atomic E-state index is 6.20. The molecule has 3 aromatic heterocycles. The van der Waals surface area contributed by atoms with E-state index in [9.17, 15) is 0 Å². The van der Waals surface area contributed by atoms with Gasteiger partial charge in [-0.15, -0.1) is 0 Å². The lowest BCUT2D eigenvalue weighted by Crippen LogP contribution is -2.47. The summed E-state index contributed by atoms with van der Waals surface area (Å²) in [6, 6.07) is 12.4. The van der Waals surface area contributed by atoms with Gasteiger partial charge in [-0.25, -0.2) is 4.98 Å². The predicted molar refractivity (Wildman–Crippen MR) is 128 cm³/mol. The molecule has 0 aliphatic carbocycles. The lowest BCUT2D eigenvalue weighted by Gasteiger charge is -2.35. The Labute approximate surface area is 191 Å². The number of pyridine rings is 1. The molecule has 0 spiro atoms. The van der Waals surface area contributed by atoms with Gasteiger partial charge in [0.1, 0.15) is 0 Å². The van der Waals surface area contributed by atoms with Crippen LogP contribution in [-0.4, -0.2) is 63.8 Å². The van der Waals surface area contributed by atoms with Crippen molar-refractivity contribution >= 4 is 28.8 Å². The summed E-state index contributed by atoms with van der Waals surface area (Å²) >= 11 is 1.53. The third kappa shape index (κ3) is 4.47. The lowest BCUT2D eigenvalue weighted by atomic mass is 10.1. The maximum absolute atomic E-state index is 6.20. The van der Waals surface area contributed by atoms with Gasteiger partial charge in [-0.1, -0.05) is 29.5 Å². The Morgan fingerprint density at radius 1 is 0.938 bits per heavy atom. The standard InChI is InChI=1S/C24H26N6OS/c1-17-3-5-19(6-4-17)23-26-21-20(31-23)22(28-24(27-21)32-2)30-15-13-29(14-16-30)12-9-18-7-10-25-11-8-18/h3-8,10-11H,9,12-16H2,1-2H3. The molecule has 0 atom stereocenters. The molecule has 0 bridgehead atoms. The highest BCUT2D eigenvalue weighted by Gasteiger charge is 2.24. The molecule has 1 aromatic carbocycles. The molecule has 4 heterocycles. The highest BCUT2D eigenvalue weighted by molar-refractivity contribution is 7.98. The van der Waals surface area contributed by atoms with Crippen LogP contribution in [0.25, 0.3) is 22.7 Å². The Morgan fingerprint density at radius 2 is 1.69 bits per heavy atom. The third-order valence-corrected chi connectivity index (χ3v) is 6.38. The van der Waals surface area contributed by atoms with Gasteiger partial charge in [0.15, 0.2) is 11.0 Å². The van der Waals surface area contributed by atoms with Crippen LogP contribution in [0.15, 0.2) is 58.4 Å². The highest BCUT2D eigenvalue weighted by atomic mass is 32.2. The van der Waals surface area contributed by atoms with Gasteiger partial charge in [0.2, 0.25) is 17.1 Å². The van der Waals surface area contributed by atoms with E-state index in [1.54, 1.807) is 0 Å². The molecule has 8 heteroatoms. The molecule has 5 rings (SSSR count). The summed E-state index contributed by atoms with van der Waals surface area (Å²) in [5.41, 5.74) is 4.77. The molecule has 0 radical (unpaired) electrons. The molecule has 1 saturated heterocycles. The van der Waals surface area contributed by atoms with Crippen LogP contribution >= 0.6 is 11.8 Å². The average molecular weight is 447 g/mol. The van der Waals surface area contributed by atoms with Crippen LogP contribution in [0, 0.1) is 6.92 Å². The molecule has 0 amide bonds. The molecule has 1 aliphatic rings. The SMILES string of the molecule is CSc1nc(N2CCN(CCc3ccncc3)CC2)c2oc(-c3ccc(C)cc3)nc2n1. The van der Waals surface area contributed by atoms with Crippen molar-refractivity contribution in [2.24, 2.45) is 0 Å². The van der Waals surface area contributed by atoms with Crippen LogP contribution in [-0.2, 0) is 6.42 Å². The van der Waals surface area contributed by atoms with Gasteiger partial charge in [-0.2, -0.15) is 9.97 Å². The zero-order valence-electron chi connectivity index (χ0n) is 18.4. The van der Waals surface area contributed by atoms with Gasteiger partial charge in [-0.3, -0.25) is 9.88 Å². The van der Waals surface area contributed by atoms with Crippen molar-refractivity contribution in [3.05, 3.63) is 59.9 Å². The molecule has 4 aromatic rings. The minimum Gasteiger partial charge on any atom is -0.430 e. The van der Waals surface area contributed by atoms with E-state index in [4.69, 9.17) is 9.40 Å². The van der Waals surface area contributed by atoms with E-state index in [0.29, 0.717) is 17.1 Å². The average Bonchev–Trinajstić information content (AvgIpc) is 3.28. The van der Waals surface area contributed by atoms with Gasteiger partial charge in [0.05, 0.1) is 0 Å². The molecule has 0 saturated carbocycles. The summed E-state index contributed by atoms with van der Waals surface area (Å²) in [5, 5.41) is 0.719. The largest absolute Gasteiger partial charge is 0.430 e. The monoisotopic (exact) mass is 446 g/mol. The number of rotatable bonds is 6. The van der Waals surface area contributed by atoms with Crippen LogP contribution < -0.4 is 4.90 Å². The van der Waals surface area contributed by atoms with Crippen LogP contribution in [0.5, 0.6) is 0 Å². The summed E-state index contributed by atoms with van der Waals surface area (Å²) in [6.45, 7) is 6.90. The van der Waals surface area contributed by atoms with Crippen LogP contribution in [0.3, 0.4) is 0 Å². The first-order valence-electron chi connectivity index (χ1n) is 10.9. The fraction of sp³-hybridized carbons (Fsp3) is 0.333. The zero-order chi connectivity index (χ0) is 21.9. The normalized spacial score (nSPS) is 14.9. The zero-order valence-corrected chi connectivity index (χ0v) is 19.2. The second kappa shape index (κ2) is 9.26. The topological polar surface area (TPSA) is 71.2 Å². The molecule has 164 valence electrons. The van der Waals surface area contributed by atoms with Crippen molar-refractivity contribution in [1.82, 2.24) is 24.8 Å². The number of thioether (sulfide) groups is 1. The first kappa shape index (κ1) is 20.9. The number of fused-ring (bicyclic) bond motifs is 1. The number of hydrogen-bond acceptors (Lipinski definition) is 8. The molecule has 0 unspecified atom stereocenters. The van der Waals surface area contributed by atoms with E-state index >= 15 is 0 Å².